The van der Waals surface area contributed by atoms with E-state index in [9.17, 15) is 9.59 Å². The number of morpholine rings is 1. The highest BCUT2D eigenvalue weighted by atomic mass is 32.2. The van der Waals surface area contributed by atoms with Crippen LogP contribution in [-0.2, 0) is 4.74 Å². The van der Waals surface area contributed by atoms with Crippen molar-refractivity contribution in [3.8, 4) is 0 Å². The number of piperidine rings is 1. The number of rotatable bonds is 9. The van der Waals surface area contributed by atoms with E-state index in [2.05, 4.69) is 57.0 Å². The summed E-state index contributed by atoms with van der Waals surface area (Å²) in [5, 5.41) is 10.1. The van der Waals surface area contributed by atoms with Gasteiger partial charge in [-0.25, -0.2) is 4.79 Å². The van der Waals surface area contributed by atoms with Crippen LogP contribution in [0.4, 0.5) is 16.2 Å². The van der Waals surface area contributed by atoms with Gasteiger partial charge >= 0.3 is 6.03 Å². The standard InChI is InChI=1S/C32H42N6O3S/c1-3-4-15-37-22-29(42-30(23-37)38-18-20-41-21-19-38)24-5-9-26(10-6-24)34-32(40)35-27-11-7-25(8-12-27)31(39)33-28-13-16-36(2)17-14-28/h5-12,22-23,28H,3-4,13-21H2,1-2H3,(H,33,39)(H2,34,35,40). The molecule has 3 N–H and O–H groups in total. The summed E-state index contributed by atoms with van der Waals surface area (Å²) < 4.78 is 5.56. The van der Waals surface area contributed by atoms with Crippen LogP contribution in [0.3, 0.4) is 0 Å². The van der Waals surface area contributed by atoms with Crippen LogP contribution >= 0.6 is 11.8 Å². The first-order valence-electron chi connectivity index (χ1n) is 14.9. The molecule has 0 bridgehead atoms. The summed E-state index contributed by atoms with van der Waals surface area (Å²) in [5.41, 5.74) is 3.03. The maximum Gasteiger partial charge on any atom is 0.323 e. The molecule has 0 aromatic heterocycles. The second kappa shape index (κ2) is 14.6. The van der Waals surface area contributed by atoms with Crippen molar-refractivity contribution in [3.05, 3.63) is 77.1 Å². The van der Waals surface area contributed by atoms with Crippen molar-refractivity contribution in [1.29, 1.82) is 0 Å². The van der Waals surface area contributed by atoms with Crippen LogP contribution in [0.5, 0.6) is 0 Å². The Balaban J connectivity index is 1.14. The predicted molar refractivity (Wildman–Crippen MR) is 171 cm³/mol. The zero-order chi connectivity index (χ0) is 29.3. The average Bonchev–Trinajstić information content (AvgIpc) is 3.02. The van der Waals surface area contributed by atoms with Gasteiger partial charge in [0.25, 0.3) is 5.91 Å². The molecule has 5 rings (SSSR count). The number of hydrogen-bond donors (Lipinski definition) is 3. The number of nitrogens with zero attached hydrogens (tertiary/aromatic N) is 3. The molecule has 0 unspecified atom stereocenters. The van der Waals surface area contributed by atoms with E-state index in [-0.39, 0.29) is 18.0 Å². The van der Waals surface area contributed by atoms with Crippen LogP contribution in [0.1, 0.15) is 48.5 Å². The lowest BCUT2D eigenvalue weighted by molar-refractivity contribution is 0.0571. The van der Waals surface area contributed by atoms with Crippen molar-refractivity contribution in [2.24, 2.45) is 0 Å². The molecular weight excluding hydrogens is 548 g/mol. The molecule has 2 saturated heterocycles. The highest BCUT2D eigenvalue weighted by Crippen LogP contribution is 2.39. The van der Waals surface area contributed by atoms with Gasteiger partial charge in [-0.15, -0.1) is 0 Å². The molecule has 3 amide bonds. The van der Waals surface area contributed by atoms with E-state index < -0.39 is 0 Å². The minimum atomic E-state index is -0.333. The van der Waals surface area contributed by atoms with Gasteiger partial charge in [-0.1, -0.05) is 37.2 Å². The first-order valence-corrected chi connectivity index (χ1v) is 15.8. The van der Waals surface area contributed by atoms with Crippen molar-refractivity contribution >= 4 is 40.0 Å². The molecule has 0 saturated carbocycles. The number of urea groups is 1. The van der Waals surface area contributed by atoms with Crippen molar-refractivity contribution in [3.63, 3.8) is 0 Å². The van der Waals surface area contributed by atoms with Gasteiger partial charge in [-0.05, 0) is 81.4 Å². The largest absolute Gasteiger partial charge is 0.378 e. The Labute approximate surface area is 253 Å². The van der Waals surface area contributed by atoms with E-state index in [1.54, 1.807) is 36.0 Å². The molecule has 3 aliphatic heterocycles. The molecule has 2 aromatic rings. The lowest BCUT2D eigenvalue weighted by atomic mass is 10.0. The number of likely N-dealkylation sites (tertiary alicyclic amines) is 1. The molecule has 3 heterocycles. The van der Waals surface area contributed by atoms with Crippen LogP contribution in [-0.4, -0.2) is 85.7 Å². The molecule has 224 valence electrons. The molecule has 9 nitrogen and oxygen atoms in total. The molecule has 0 aliphatic carbocycles. The summed E-state index contributed by atoms with van der Waals surface area (Å²) in [6.45, 7) is 8.50. The smallest absolute Gasteiger partial charge is 0.323 e. The van der Waals surface area contributed by atoms with Gasteiger partial charge in [0.2, 0.25) is 0 Å². The molecule has 0 radical (unpaired) electrons. The normalized spacial score (nSPS) is 18.2. The molecule has 0 spiro atoms. The second-order valence-corrected chi connectivity index (χ2v) is 12.1. The summed E-state index contributed by atoms with van der Waals surface area (Å²) in [7, 11) is 2.10. The third kappa shape index (κ3) is 8.30. The third-order valence-electron chi connectivity index (χ3n) is 7.75. The Morgan fingerprint density at radius 2 is 1.55 bits per heavy atom. The highest BCUT2D eigenvalue weighted by Gasteiger charge is 2.22. The Morgan fingerprint density at radius 3 is 2.19 bits per heavy atom. The van der Waals surface area contributed by atoms with Crippen LogP contribution in [0.25, 0.3) is 4.91 Å². The number of hydrogen-bond acceptors (Lipinski definition) is 7. The Morgan fingerprint density at radius 1 is 0.905 bits per heavy atom. The number of thioether (sulfide) groups is 1. The lowest BCUT2D eigenvalue weighted by Gasteiger charge is -2.34. The van der Waals surface area contributed by atoms with Crippen LogP contribution in [0.2, 0.25) is 0 Å². The van der Waals surface area contributed by atoms with E-state index in [4.69, 9.17) is 4.74 Å². The maximum atomic E-state index is 12.7. The van der Waals surface area contributed by atoms with E-state index in [1.807, 2.05) is 24.3 Å². The third-order valence-corrected chi connectivity index (χ3v) is 8.89. The molecular formula is C32H42N6O3S. The molecule has 2 aromatic carbocycles. The summed E-state index contributed by atoms with van der Waals surface area (Å²) in [6, 6.07) is 14.8. The van der Waals surface area contributed by atoms with Crippen LogP contribution < -0.4 is 16.0 Å². The highest BCUT2D eigenvalue weighted by molar-refractivity contribution is 8.11. The molecule has 2 fully saturated rings. The number of benzene rings is 2. The van der Waals surface area contributed by atoms with E-state index in [0.717, 1.165) is 77.2 Å². The topological polar surface area (TPSA) is 89.2 Å². The number of carbonyl (C=O) groups excluding carboxylic acids is 2. The average molecular weight is 591 g/mol. The summed E-state index contributed by atoms with van der Waals surface area (Å²) in [6.07, 6.45) is 8.68. The van der Waals surface area contributed by atoms with E-state index in [0.29, 0.717) is 16.9 Å². The molecule has 42 heavy (non-hydrogen) atoms. The summed E-state index contributed by atoms with van der Waals surface area (Å²) in [4.78, 5) is 33.5. The number of carbonyl (C=O) groups is 2. The maximum absolute atomic E-state index is 12.7. The molecule has 10 heteroatoms. The first-order chi connectivity index (χ1) is 20.5. The second-order valence-electron chi connectivity index (χ2n) is 11.0. The van der Waals surface area contributed by atoms with Gasteiger partial charge in [0.05, 0.1) is 18.2 Å². The SMILES string of the molecule is CCCCN1C=C(c2ccc(NC(=O)Nc3ccc(C(=O)NC4CCN(C)CC4)cc3)cc2)SC(N2CCOCC2)=C1. The minimum Gasteiger partial charge on any atom is -0.378 e. The fourth-order valence-electron chi connectivity index (χ4n) is 5.17. The Hall–Kier alpha value is -3.47. The van der Waals surface area contributed by atoms with Crippen LogP contribution in [0, 0.1) is 0 Å². The Bertz CT molecular complexity index is 1270. The fraction of sp³-hybridized carbons (Fsp3) is 0.438. The molecule has 3 aliphatic rings. The zero-order valence-electron chi connectivity index (χ0n) is 24.6. The Kier molecular flexibility index (Phi) is 10.4. The van der Waals surface area contributed by atoms with Gasteiger partial charge < -0.3 is 35.4 Å². The van der Waals surface area contributed by atoms with Crippen molar-refractivity contribution in [2.75, 3.05) is 63.6 Å². The molecule has 0 atom stereocenters. The van der Waals surface area contributed by atoms with Crippen molar-refractivity contribution in [2.45, 2.75) is 38.6 Å². The van der Waals surface area contributed by atoms with Gasteiger partial charge in [-0.3, -0.25) is 4.79 Å². The van der Waals surface area contributed by atoms with Crippen LogP contribution in [0.15, 0.2) is 66.0 Å². The number of nitrogens with one attached hydrogen (secondary N) is 3. The fourth-order valence-corrected chi connectivity index (χ4v) is 6.33. The predicted octanol–water partition coefficient (Wildman–Crippen LogP) is 5.43. The lowest BCUT2D eigenvalue weighted by Crippen LogP contribution is -2.43. The summed E-state index contributed by atoms with van der Waals surface area (Å²) in [5.74, 6) is -0.0760. The number of ether oxygens (including phenoxy) is 1. The number of unbranched alkanes of at least 4 members (excludes halogenated alkanes) is 1. The van der Waals surface area contributed by atoms with E-state index >= 15 is 0 Å². The van der Waals surface area contributed by atoms with E-state index in [1.165, 1.54) is 9.93 Å². The van der Waals surface area contributed by atoms with Crippen molar-refractivity contribution in [1.82, 2.24) is 20.0 Å². The minimum absolute atomic E-state index is 0.0760. The number of amides is 3. The quantitative estimate of drug-likeness (QED) is 0.359. The zero-order valence-corrected chi connectivity index (χ0v) is 25.4. The van der Waals surface area contributed by atoms with Gasteiger partial charge in [0.15, 0.2) is 0 Å². The van der Waals surface area contributed by atoms with Gasteiger partial charge in [0.1, 0.15) is 0 Å². The first kappa shape index (κ1) is 30.0. The van der Waals surface area contributed by atoms with Gasteiger partial charge in [0, 0.05) is 59.9 Å². The number of anilines is 2. The van der Waals surface area contributed by atoms with Crippen molar-refractivity contribution < 1.29 is 14.3 Å². The monoisotopic (exact) mass is 590 g/mol. The summed E-state index contributed by atoms with van der Waals surface area (Å²) >= 11 is 1.78. The van der Waals surface area contributed by atoms with Gasteiger partial charge in [-0.2, -0.15) is 0 Å².